The molecule has 1 aliphatic rings. The zero-order valence-corrected chi connectivity index (χ0v) is 16.8. The van der Waals surface area contributed by atoms with Crippen molar-refractivity contribution < 1.29 is 22.0 Å². The molecule has 26 heavy (non-hydrogen) atoms. The van der Waals surface area contributed by atoms with Crippen LogP contribution in [0.5, 0.6) is 0 Å². The van der Waals surface area contributed by atoms with E-state index >= 15 is 0 Å². The SMILES string of the molecule is O=C(NCCS(=O)(=O)O)C(CCS)NS(=O)(=C1CCC1)c1ccccc1. The van der Waals surface area contributed by atoms with Gasteiger partial charge in [-0.05, 0) is 43.6 Å². The van der Waals surface area contributed by atoms with Gasteiger partial charge in [0.1, 0.15) is 0 Å². The molecule has 1 aromatic carbocycles. The largest absolute Gasteiger partial charge is 0.354 e. The zero-order chi connectivity index (χ0) is 19.2. The average Bonchev–Trinajstić information content (AvgIpc) is 2.52. The minimum absolute atomic E-state index is 0.217. The smallest absolute Gasteiger partial charge is 0.266 e. The Bertz CT molecular complexity index is 840. The minimum atomic E-state index is -4.15. The quantitative estimate of drug-likeness (QED) is 0.269. The normalized spacial score (nSPS) is 17.8. The lowest BCUT2D eigenvalue weighted by atomic mass is 10.0. The standard InChI is InChI=1S/C16H24N2O5S3/c19-16(17-10-12-25(20,21)22)15(9-11-24)18-26(23,14-7-4-8-14)13-5-2-1-3-6-13/h1-3,5-6,15,24H,4,7-12H2,(H,17,19)(H,18,23)(H,20,21,22). The average molecular weight is 421 g/mol. The molecule has 1 saturated carbocycles. The molecule has 1 fully saturated rings. The maximum atomic E-state index is 13.7. The summed E-state index contributed by atoms with van der Waals surface area (Å²) in [5.74, 6) is -0.646. The summed E-state index contributed by atoms with van der Waals surface area (Å²) in [4.78, 5) is 14.0. The summed E-state index contributed by atoms with van der Waals surface area (Å²) >= 11 is 4.16. The fourth-order valence-electron chi connectivity index (χ4n) is 2.54. The van der Waals surface area contributed by atoms with Crippen molar-refractivity contribution in [2.75, 3.05) is 18.1 Å². The van der Waals surface area contributed by atoms with Crippen molar-refractivity contribution in [3.63, 3.8) is 0 Å². The van der Waals surface area contributed by atoms with Crippen LogP contribution in [0, 0.1) is 0 Å². The lowest BCUT2D eigenvalue weighted by Crippen LogP contribution is -2.49. The van der Waals surface area contributed by atoms with Crippen LogP contribution < -0.4 is 10.0 Å². The highest BCUT2D eigenvalue weighted by Gasteiger charge is 2.28. The number of hydrogen-bond acceptors (Lipinski definition) is 5. The van der Waals surface area contributed by atoms with Crippen LogP contribution in [0.4, 0.5) is 0 Å². The maximum absolute atomic E-state index is 13.7. The Morgan fingerprint density at radius 3 is 2.35 bits per heavy atom. The number of thiol groups is 1. The molecule has 2 unspecified atom stereocenters. The van der Waals surface area contributed by atoms with Crippen molar-refractivity contribution in [3.05, 3.63) is 30.3 Å². The number of rotatable bonds is 9. The molecule has 0 aliphatic heterocycles. The maximum Gasteiger partial charge on any atom is 0.266 e. The summed E-state index contributed by atoms with van der Waals surface area (Å²) in [6.45, 7) is -0.217. The first-order valence-corrected chi connectivity index (χ1v) is 12.1. The van der Waals surface area contributed by atoms with Gasteiger partial charge in [-0.1, -0.05) is 18.2 Å². The molecule has 3 N–H and O–H groups in total. The van der Waals surface area contributed by atoms with Crippen LogP contribution in [0.15, 0.2) is 35.2 Å². The van der Waals surface area contributed by atoms with Crippen LogP contribution in [0.1, 0.15) is 25.7 Å². The number of benzene rings is 1. The second-order valence-corrected chi connectivity index (χ2v) is 10.4. The predicted octanol–water partition coefficient (Wildman–Crippen LogP) is 0.883. The highest BCUT2D eigenvalue weighted by molar-refractivity contribution is 8.00. The molecular formula is C16H24N2O5S3. The molecule has 1 amide bonds. The van der Waals surface area contributed by atoms with Crippen molar-refractivity contribution >= 4 is 43.2 Å². The van der Waals surface area contributed by atoms with Gasteiger partial charge < -0.3 is 5.32 Å². The van der Waals surface area contributed by atoms with E-state index in [0.29, 0.717) is 17.1 Å². The van der Waals surface area contributed by atoms with Gasteiger partial charge in [-0.25, -0.2) is 8.93 Å². The van der Waals surface area contributed by atoms with Gasteiger partial charge in [0.2, 0.25) is 5.91 Å². The van der Waals surface area contributed by atoms with Gasteiger partial charge in [-0.2, -0.15) is 21.0 Å². The summed E-state index contributed by atoms with van der Waals surface area (Å²) in [5.41, 5.74) is 0. The molecule has 2 atom stereocenters. The summed E-state index contributed by atoms with van der Waals surface area (Å²) in [5, 5.41) is 2.46. The van der Waals surface area contributed by atoms with E-state index < -0.39 is 37.5 Å². The van der Waals surface area contributed by atoms with E-state index in [-0.39, 0.29) is 6.54 Å². The highest BCUT2D eigenvalue weighted by atomic mass is 32.2. The van der Waals surface area contributed by atoms with Gasteiger partial charge in [0.15, 0.2) is 0 Å². The summed E-state index contributed by atoms with van der Waals surface area (Å²) in [7, 11) is -6.88. The third-order valence-electron chi connectivity index (χ3n) is 4.09. The molecule has 0 saturated heterocycles. The van der Waals surface area contributed by atoms with E-state index in [1.807, 2.05) is 6.07 Å². The molecule has 7 nitrogen and oxygen atoms in total. The molecule has 1 aromatic rings. The molecule has 0 radical (unpaired) electrons. The first-order valence-electron chi connectivity index (χ1n) is 8.31. The Morgan fingerprint density at radius 2 is 1.85 bits per heavy atom. The van der Waals surface area contributed by atoms with Gasteiger partial charge in [-0.3, -0.25) is 9.35 Å². The predicted molar refractivity (Wildman–Crippen MR) is 107 cm³/mol. The Kier molecular flexibility index (Phi) is 7.53. The minimum Gasteiger partial charge on any atom is -0.354 e. The first-order chi connectivity index (χ1) is 12.3. The Morgan fingerprint density at radius 1 is 1.19 bits per heavy atom. The molecule has 146 valence electrons. The fourth-order valence-corrected chi connectivity index (χ4v) is 5.82. The number of carbonyl (C=O) groups is 1. The van der Waals surface area contributed by atoms with Crippen molar-refractivity contribution in [2.24, 2.45) is 0 Å². The van der Waals surface area contributed by atoms with Crippen molar-refractivity contribution in [1.82, 2.24) is 10.0 Å². The van der Waals surface area contributed by atoms with Crippen LogP contribution >= 0.6 is 12.6 Å². The molecule has 10 heteroatoms. The molecular weight excluding hydrogens is 396 g/mol. The van der Waals surface area contributed by atoms with Crippen LogP contribution in [0.2, 0.25) is 0 Å². The lowest BCUT2D eigenvalue weighted by Gasteiger charge is -2.28. The van der Waals surface area contributed by atoms with Gasteiger partial charge in [-0.15, -0.1) is 0 Å². The number of amides is 1. The molecule has 2 rings (SSSR count). The number of hydrogen-bond donors (Lipinski definition) is 4. The van der Waals surface area contributed by atoms with Gasteiger partial charge in [0.25, 0.3) is 10.1 Å². The number of carbonyl (C=O) groups excluding carboxylic acids is 1. The van der Waals surface area contributed by atoms with Gasteiger partial charge >= 0.3 is 0 Å². The fraction of sp³-hybridized carbons (Fsp3) is 0.500. The zero-order valence-electron chi connectivity index (χ0n) is 14.3. The first kappa shape index (κ1) is 21.2. The van der Waals surface area contributed by atoms with E-state index in [1.54, 1.807) is 24.3 Å². The second-order valence-electron chi connectivity index (χ2n) is 6.02. The summed E-state index contributed by atoms with van der Waals surface area (Å²) in [6, 6.07) is 8.20. The van der Waals surface area contributed by atoms with Crippen LogP contribution in [0.25, 0.3) is 0 Å². The van der Waals surface area contributed by atoms with E-state index in [2.05, 4.69) is 22.7 Å². The topological polar surface area (TPSA) is 113 Å². The summed E-state index contributed by atoms with van der Waals surface area (Å²) < 4.78 is 47.1. The van der Waals surface area contributed by atoms with Gasteiger partial charge in [0.05, 0.1) is 21.5 Å². The van der Waals surface area contributed by atoms with E-state index in [1.165, 1.54) is 0 Å². The highest BCUT2D eigenvalue weighted by Crippen LogP contribution is 2.23. The van der Waals surface area contributed by atoms with E-state index in [9.17, 15) is 17.4 Å². The third kappa shape index (κ3) is 5.71. The number of nitrogens with one attached hydrogen (secondary N) is 2. The van der Waals surface area contributed by atoms with E-state index in [0.717, 1.165) is 24.1 Å². The van der Waals surface area contributed by atoms with Crippen molar-refractivity contribution in [1.29, 1.82) is 0 Å². The molecule has 0 bridgehead atoms. The van der Waals surface area contributed by atoms with Crippen molar-refractivity contribution in [2.45, 2.75) is 36.6 Å². The molecule has 0 heterocycles. The van der Waals surface area contributed by atoms with Crippen LogP contribution in [0.3, 0.4) is 0 Å². The third-order valence-corrected chi connectivity index (χ3v) is 7.85. The van der Waals surface area contributed by atoms with Crippen LogP contribution in [-0.4, -0.2) is 52.0 Å². The molecule has 0 spiro atoms. The monoisotopic (exact) mass is 420 g/mol. The van der Waals surface area contributed by atoms with Crippen molar-refractivity contribution in [3.8, 4) is 0 Å². The lowest BCUT2D eigenvalue weighted by molar-refractivity contribution is -0.122. The summed E-state index contributed by atoms with van der Waals surface area (Å²) in [6.07, 6.45) is 2.80. The van der Waals surface area contributed by atoms with Crippen LogP contribution in [-0.2, 0) is 24.6 Å². The molecule has 0 aromatic heterocycles. The van der Waals surface area contributed by atoms with E-state index in [4.69, 9.17) is 4.55 Å². The Labute approximate surface area is 160 Å². The Balaban J connectivity index is 2.21. The Hall–Kier alpha value is -1.07. The van der Waals surface area contributed by atoms with Gasteiger partial charge in [0, 0.05) is 16.3 Å². The molecule has 1 aliphatic carbocycles. The second kappa shape index (κ2) is 9.23.